The molecule has 1 aliphatic heterocycles. The Bertz CT molecular complexity index is 389. The van der Waals surface area contributed by atoms with Crippen molar-refractivity contribution < 1.29 is 5.11 Å². The van der Waals surface area contributed by atoms with Gasteiger partial charge >= 0.3 is 0 Å². The van der Waals surface area contributed by atoms with Crippen molar-refractivity contribution >= 4 is 23.2 Å². The van der Waals surface area contributed by atoms with E-state index in [-0.39, 0.29) is 0 Å². The Hall–Kier alpha value is -0.280. The van der Waals surface area contributed by atoms with E-state index in [9.17, 15) is 5.11 Å². The summed E-state index contributed by atoms with van der Waals surface area (Å²) in [6.07, 6.45) is 5.00. The minimum Gasteiger partial charge on any atom is -0.388 e. The van der Waals surface area contributed by atoms with E-state index in [0.717, 1.165) is 18.5 Å². The van der Waals surface area contributed by atoms with E-state index in [1.165, 1.54) is 19.3 Å². The first kappa shape index (κ1) is 14.1. The quantitative estimate of drug-likeness (QED) is 0.882. The van der Waals surface area contributed by atoms with E-state index in [1.54, 1.807) is 6.07 Å². The van der Waals surface area contributed by atoms with Gasteiger partial charge in [-0.05, 0) is 31.9 Å². The van der Waals surface area contributed by atoms with Crippen molar-refractivity contribution in [3.63, 3.8) is 0 Å². The number of halogens is 2. The van der Waals surface area contributed by atoms with E-state index in [2.05, 4.69) is 5.32 Å². The summed E-state index contributed by atoms with van der Waals surface area (Å²) in [5.41, 5.74) is 0.732. The molecule has 2 unspecified atom stereocenters. The summed E-state index contributed by atoms with van der Waals surface area (Å²) < 4.78 is 0. The molecule has 1 aliphatic rings. The first-order chi connectivity index (χ1) is 8.68. The molecule has 2 rings (SSSR count). The fraction of sp³-hybridized carbons (Fsp3) is 0.571. The van der Waals surface area contributed by atoms with Gasteiger partial charge in [0.25, 0.3) is 0 Å². The average molecular weight is 288 g/mol. The largest absolute Gasteiger partial charge is 0.388 e. The lowest BCUT2D eigenvalue weighted by Crippen LogP contribution is -2.30. The Morgan fingerprint density at radius 2 is 2.11 bits per heavy atom. The third-order valence-electron chi connectivity index (χ3n) is 3.51. The van der Waals surface area contributed by atoms with Gasteiger partial charge in [0.1, 0.15) is 0 Å². The van der Waals surface area contributed by atoms with Crippen molar-refractivity contribution in [2.75, 3.05) is 6.54 Å². The number of hydrogen-bond donors (Lipinski definition) is 2. The molecule has 0 aromatic heterocycles. The first-order valence-corrected chi connectivity index (χ1v) is 7.29. The summed E-state index contributed by atoms with van der Waals surface area (Å²) >= 11 is 12.1. The summed E-state index contributed by atoms with van der Waals surface area (Å²) in [5, 5.41) is 14.7. The van der Waals surface area contributed by atoms with Crippen LogP contribution in [-0.4, -0.2) is 17.7 Å². The zero-order valence-corrected chi connectivity index (χ0v) is 11.8. The predicted octanol–water partition coefficient (Wildman–Crippen LogP) is 3.95. The van der Waals surface area contributed by atoms with Gasteiger partial charge in [-0.15, -0.1) is 0 Å². The van der Waals surface area contributed by atoms with Gasteiger partial charge in [-0.3, -0.25) is 0 Å². The molecule has 1 saturated heterocycles. The van der Waals surface area contributed by atoms with Gasteiger partial charge in [-0.1, -0.05) is 48.2 Å². The fourth-order valence-corrected chi connectivity index (χ4v) is 2.91. The van der Waals surface area contributed by atoms with Gasteiger partial charge in [-0.25, -0.2) is 0 Å². The molecule has 4 heteroatoms. The monoisotopic (exact) mass is 287 g/mol. The van der Waals surface area contributed by atoms with Crippen molar-refractivity contribution in [3.8, 4) is 0 Å². The van der Waals surface area contributed by atoms with Crippen LogP contribution in [0.25, 0.3) is 0 Å². The molecule has 1 aromatic carbocycles. The molecule has 1 aromatic rings. The highest BCUT2D eigenvalue weighted by molar-refractivity contribution is 6.42. The normalized spacial score (nSPS) is 22.5. The predicted molar refractivity (Wildman–Crippen MR) is 76.3 cm³/mol. The van der Waals surface area contributed by atoms with Gasteiger partial charge < -0.3 is 10.4 Å². The smallest absolute Gasteiger partial charge is 0.0819 e. The summed E-state index contributed by atoms with van der Waals surface area (Å²) in [5.74, 6) is 0. The minimum atomic E-state index is -0.549. The van der Waals surface area contributed by atoms with Gasteiger partial charge in [0.2, 0.25) is 0 Å². The molecular weight excluding hydrogens is 269 g/mol. The van der Waals surface area contributed by atoms with Crippen LogP contribution in [0.1, 0.15) is 43.8 Å². The number of benzene rings is 1. The van der Waals surface area contributed by atoms with Crippen molar-refractivity contribution in [1.82, 2.24) is 5.32 Å². The maximum atomic E-state index is 10.3. The van der Waals surface area contributed by atoms with Crippen LogP contribution in [0.4, 0.5) is 0 Å². The molecule has 1 heterocycles. The van der Waals surface area contributed by atoms with Crippen LogP contribution in [-0.2, 0) is 0 Å². The Morgan fingerprint density at radius 3 is 2.94 bits per heavy atom. The maximum absolute atomic E-state index is 10.3. The molecular formula is C14H19Cl2NO. The van der Waals surface area contributed by atoms with E-state index in [1.807, 2.05) is 12.1 Å². The summed E-state index contributed by atoms with van der Waals surface area (Å²) in [6.45, 7) is 1.04. The molecule has 0 radical (unpaired) electrons. The summed E-state index contributed by atoms with van der Waals surface area (Å²) in [6, 6.07) is 5.78. The molecule has 0 spiro atoms. The van der Waals surface area contributed by atoms with Crippen LogP contribution >= 0.6 is 23.2 Å². The van der Waals surface area contributed by atoms with E-state index < -0.39 is 6.10 Å². The van der Waals surface area contributed by atoms with Crippen molar-refractivity contribution in [1.29, 1.82) is 0 Å². The Labute approximate surface area is 118 Å². The van der Waals surface area contributed by atoms with Crippen molar-refractivity contribution in [2.45, 2.75) is 44.2 Å². The topological polar surface area (TPSA) is 32.3 Å². The van der Waals surface area contributed by atoms with Crippen LogP contribution in [0.5, 0.6) is 0 Å². The van der Waals surface area contributed by atoms with E-state index >= 15 is 0 Å². The number of rotatable bonds is 3. The second-order valence-electron chi connectivity index (χ2n) is 4.89. The molecule has 18 heavy (non-hydrogen) atoms. The highest BCUT2D eigenvalue weighted by atomic mass is 35.5. The average Bonchev–Trinajstić information content (AvgIpc) is 2.61. The van der Waals surface area contributed by atoms with Crippen molar-refractivity contribution in [3.05, 3.63) is 33.8 Å². The number of aliphatic hydroxyl groups is 1. The zero-order valence-electron chi connectivity index (χ0n) is 10.3. The molecule has 0 amide bonds. The van der Waals surface area contributed by atoms with Gasteiger partial charge in [0.15, 0.2) is 0 Å². The van der Waals surface area contributed by atoms with Crippen LogP contribution in [0.3, 0.4) is 0 Å². The highest BCUT2D eigenvalue weighted by Gasteiger charge is 2.19. The third kappa shape index (κ3) is 3.61. The van der Waals surface area contributed by atoms with Gasteiger partial charge in [-0.2, -0.15) is 0 Å². The molecule has 100 valence electrons. The number of nitrogens with one attached hydrogen (secondary N) is 1. The second-order valence-corrected chi connectivity index (χ2v) is 5.68. The number of aliphatic hydroxyl groups excluding tert-OH is 1. The lowest BCUT2D eigenvalue weighted by molar-refractivity contribution is 0.150. The molecule has 0 saturated carbocycles. The van der Waals surface area contributed by atoms with E-state index in [4.69, 9.17) is 23.2 Å². The molecule has 2 N–H and O–H groups in total. The zero-order chi connectivity index (χ0) is 13.0. The third-order valence-corrected chi connectivity index (χ3v) is 4.34. The van der Waals surface area contributed by atoms with Gasteiger partial charge in [0, 0.05) is 11.6 Å². The van der Waals surface area contributed by atoms with Crippen LogP contribution in [0.2, 0.25) is 10.0 Å². The number of hydrogen-bond acceptors (Lipinski definition) is 2. The van der Waals surface area contributed by atoms with Gasteiger partial charge in [0.05, 0.1) is 16.1 Å². The molecule has 0 bridgehead atoms. The Balaban J connectivity index is 2.02. The molecule has 1 fully saturated rings. The Morgan fingerprint density at radius 1 is 1.28 bits per heavy atom. The summed E-state index contributed by atoms with van der Waals surface area (Å²) in [4.78, 5) is 0. The molecule has 2 nitrogen and oxygen atoms in total. The highest BCUT2D eigenvalue weighted by Crippen LogP contribution is 2.32. The molecule has 0 aliphatic carbocycles. The minimum absolute atomic E-state index is 0.373. The second kappa shape index (κ2) is 6.76. The summed E-state index contributed by atoms with van der Waals surface area (Å²) in [7, 11) is 0. The van der Waals surface area contributed by atoms with Crippen LogP contribution in [0.15, 0.2) is 18.2 Å². The van der Waals surface area contributed by atoms with Crippen LogP contribution < -0.4 is 5.32 Å². The maximum Gasteiger partial charge on any atom is 0.0819 e. The fourth-order valence-electron chi connectivity index (χ4n) is 2.48. The first-order valence-electron chi connectivity index (χ1n) is 6.54. The van der Waals surface area contributed by atoms with Crippen molar-refractivity contribution in [2.24, 2.45) is 0 Å². The Kier molecular flexibility index (Phi) is 5.31. The van der Waals surface area contributed by atoms with E-state index in [0.29, 0.717) is 22.5 Å². The standard InChI is InChI=1S/C14H19Cl2NO/c15-12-7-4-6-11(14(12)16)13(18)9-10-5-2-1-3-8-17-10/h4,6-7,10,13,17-18H,1-3,5,8-9H2. The molecule has 2 atom stereocenters. The van der Waals surface area contributed by atoms with Crippen LogP contribution in [0, 0.1) is 0 Å². The SMILES string of the molecule is OC(CC1CCCCCN1)c1cccc(Cl)c1Cl. The lowest BCUT2D eigenvalue weighted by atomic mass is 9.99. The lowest BCUT2D eigenvalue weighted by Gasteiger charge is -2.20.